The Morgan fingerprint density at radius 3 is 2.67 bits per heavy atom. The van der Waals surface area contributed by atoms with E-state index in [0.29, 0.717) is 25.4 Å². The Morgan fingerprint density at radius 1 is 1.33 bits per heavy atom. The van der Waals surface area contributed by atoms with E-state index in [2.05, 4.69) is 27.9 Å². The summed E-state index contributed by atoms with van der Waals surface area (Å²) in [6.45, 7) is 6.71. The molecule has 1 unspecified atom stereocenters. The number of hydrogen-bond donors (Lipinski definition) is 1. The van der Waals surface area contributed by atoms with E-state index in [1.54, 1.807) is 0 Å². The minimum Gasteiger partial charge on any atom is -0.338 e. The Kier molecular flexibility index (Phi) is 7.31. The van der Waals surface area contributed by atoms with Gasteiger partial charge in [0.05, 0.1) is 0 Å². The zero-order valence-corrected chi connectivity index (χ0v) is 16.8. The van der Waals surface area contributed by atoms with Crippen molar-refractivity contribution in [3.05, 3.63) is 0 Å². The van der Waals surface area contributed by atoms with Gasteiger partial charge in [-0.1, -0.05) is 36.4 Å². The van der Waals surface area contributed by atoms with Crippen LogP contribution in [0.1, 0.15) is 39.5 Å². The minimum absolute atomic E-state index is 0.00977. The lowest BCUT2D eigenvalue weighted by atomic mass is 9.94. The lowest BCUT2D eigenvalue weighted by Gasteiger charge is -2.18. The number of nitrogens with zero attached hydrogens (tertiary/aromatic N) is 2. The molecule has 6 nitrogen and oxygen atoms in total. The molecule has 1 N–H and O–H groups in total. The largest absolute Gasteiger partial charge is 0.338 e. The van der Waals surface area contributed by atoms with Gasteiger partial charge in [0, 0.05) is 42.9 Å². The van der Waals surface area contributed by atoms with Gasteiger partial charge in [0.1, 0.15) is 0 Å². The summed E-state index contributed by atoms with van der Waals surface area (Å²) in [5.74, 6) is 0.596. The number of urea groups is 1. The zero-order valence-electron chi connectivity index (χ0n) is 14.6. The molecule has 0 bridgehead atoms. The van der Waals surface area contributed by atoms with Gasteiger partial charge in [-0.3, -0.25) is 14.5 Å². The number of nitrogens with one attached hydrogen (secondary N) is 1. The molecule has 0 aromatic heterocycles. The van der Waals surface area contributed by atoms with Crippen molar-refractivity contribution >= 4 is 40.4 Å². The summed E-state index contributed by atoms with van der Waals surface area (Å²) in [6, 6.07) is 0.00977. The topological polar surface area (TPSA) is 69.7 Å². The quantitative estimate of drug-likeness (QED) is 0.281. The van der Waals surface area contributed by atoms with E-state index < -0.39 is 0 Å². The van der Waals surface area contributed by atoms with Gasteiger partial charge in [-0.2, -0.15) is 0 Å². The highest BCUT2D eigenvalue weighted by Crippen LogP contribution is 2.26. The van der Waals surface area contributed by atoms with Crippen molar-refractivity contribution < 1.29 is 14.4 Å². The molecule has 2 rings (SSSR count). The number of carbonyl (C=O) groups excluding carboxylic acids is 3. The predicted octanol–water partition coefficient (Wildman–Crippen LogP) is 2.26. The molecule has 2 atom stereocenters. The Morgan fingerprint density at radius 2 is 2.08 bits per heavy atom. The van der Waals surface area contributed by atoms with Crippen molar-refractivity contribution in [3.63, 3.8) is 0 Å². The summed E-state index contributed by atoms with van der Waals surface area (Å²) < 4.78 is 1.09. The van der Waals surface area contributed by atoms with Crippen LogP contribution in [-0.4, -0.2) is 58.3 Å². The van der Waals surface area contributed by atoms with Crippen LogP contribution in [0, 0.1) is 17.8 Å². The number of alkyl halides is 1. The van der Waals surface area contributed by atoms with Gasteiger partial charge in [0.15, 0.2) is 0 Å². The SMILES string of the molecule is CC(C)C1CC(=O)N(CCCCNC(=O)N2CC[C@H](CI)C2)C1=O. The summed E-state index contributed by atoms with van der Waals surface area (Å²) in [5, 5.41) is 2.94. The van der Waals surface area contributed by atoms with E-state index >= 15 is 0 Å². The van der Waals surface area contributed by atoms with Crippen LogP contribution in [0.25, 0.3) is 0 Å². The minimum atomic E-state index is -0.154. The number of halogens is 1. The smallest absolute Gasteiger partial charge is 0.317 e. The van der Waals surface area contributed by atoms with Gasteiger partial charge in [-0.05, 0) is 31.1 Å². The molecule has 2 aliphatic heterocycles. The molecular weight excluding hydrogens is 421 g/mol. The zero-order chi connectivity index (χ0) is 17.7. The van der Waals surface area contributed by atoms with E-state index in [4.69, 9.17) is 0 Å². The molecule has 2 fully saturated rings. The number of hydrogen-bond acceptors (Lipinski definition) is 3. The first-order valence-electron chi connectivity index (χ1n) is 8.87. The predicted molar refractivity (Wildman–Crippen MR) is 101 cm³/mol. The highest BCUT2D eigenvalue weighted by atomic mass is 127. The normalized spacial score (nSPS) is 24.3. The van der Waals surface area contributed by atoms with Crippen LogP contribution in [-0.2, 0) is 9.59 Å². The second-order valence-electron chi connectivity index (χ2n) is 7.13. The summed E-state index contributed by atoms with van der Waals surface area (Å²) in [5.41, 5.74) is 0. The first kappa shape index (κ1) is 19.5. The molecule has 24 heavy (non-hydrogen) atoms. The first-order chi connectivity index (χ1) is 11.4. The van der Waals surface area contributed by atoms with Crippen LogP contribution in [0.15, 0.2) is 0 Å². The summed E-state index contributed by atoms with van der Waals surface area (Å²) in [4.78, 5) is 39.4. The number of likely N-dealkylation sites (tertiary alicyclic amines) is 2. The van der Waals surface area contributed by atoms with Crippen molar-refractivity contribution in [3.8, 4) is 0 Å². The molecule has 2 aliphatic rings. The van der Waals surface area contributed by atoms with Crippen molar-refractivity contribution in [1.82, 2.24) is 15.1 Å². The van der Waals surface area contributed by atoms with Crippen LogP contribution in [0.4, 0.5) is 4.79 Å². The molecule has 4 amide bonds. The molecule has 2 heterocycles. The molecule has 0 aromatic rings. The van der Waals surface area contributed by atoms with Crippen molar-refractivity contribution in [1.29, 1.82) is 0 Å². The lowest BCUT2D eigenvalue weighted by Crippen LogP contribution is -2.39. The summed E-state index contributed by atoms with van der Waals surface area (Å²) in [7, 11) is 0. The van der Waals surface area contributed by atoms with Gasteiger partial charge in [0.2, 0.25) is 11.8 Å². The molecular formula is C17H28IN3O3. The van der Waals surface area contributed by atoms with Crippen LogP contribution in [0.5, 0.6) is 0 Å². The third kappa shape index (κ3) is 4.83. The fourth-order valence-electron chi connectivity index (χ4n) is 3.31. The summed E-state index contributed by atoms with van der Waals surface area (Å²) >= 11 is 2.37. The average Bonchev–Trinajstić information content (AvgIpc) is 3.13. The van der Waals surface area contributed by atoms with Crippen LogP contribution in [0.3, 0.4) is 0 Å². The van der Waals surface area contributed by atoms with E-state index in [0.717, 1.165) is 36.8 Å². The van der Waals surface area contributed by atoms with E-state index in [1.165, 1.54) is 4.90 Å². The molecule has 2 saturated heterocycles. The van der Waals surface area contributed by atoms with Gasteiger partial charge in [-0.25, -0.2) is 4.79 Å². The number of amides is 4. The lowest BCUT2D eigenvalue weighted by molar-refractivity contribution is -0.139. The molecule has 0 aliphatic carbocycles. The number of unbranched alkanes of at least 4 members (excludes halogenated alkanes) is 1. The standard InChI is InChI=1S/C17H28IN3O3/c1-12(2)14-9-15(22)21(16(14)23)7-4-3-6-19-17(24)20-8-5-13(10-18)11-20/h12-14H,3-11H2,1-2H3,(H,19,24)/t13-,14?/m1/s1. The van der Waals surface area contributed by atoms with E-state index in [1.807, 2.05) is 18.7 Å². The molecule has 0 aromatic carbocycles. The van der Waals surface area contributed by atoms with E-state index in [-0.39, 0.29) is 29.7 Å². The van der Waals surface area contributed by atoms with Crippen molar-refractivity contribution in [2.75, 3.05) is 30.6 Å². The monoisotopic (exact) mass is 449 g/mol. The van der Waals surface area contributed by atoms with Gasteiger partial charge < -0.3 is 10.2 Å². The van der Waals surface area contributed by atoms with Crippen molar-refractivity contribution in [2.45, 2.75) is 39.5 Å². The fourth-order valence-corrected chi connectivity index (χ4v) is 4.03. The number of rotatable bonds is 7. The second-order valence-corrected chi connectivity index (χ2v) is 8.01. The maximum absolute atomic E-state index is 12.2. The number of carbonyl (C=O) groups is 3. The molecule has 136 valence electrons. The average molecular weight is 449 g/mol. The van der Waals surface area contributed by atoms with Crippen LogP contribution < -0.4 is 5.32 Å². The second kappa shape index (κ2) is 9.01. The van der Waals surface area contributed by atoms with Crippen LogP contribution in [0.2, 0.25) is 0 Å². The Hall–Kier alpha value is -0.860. The molecule has 7 heteroatoms. The van der Waals surface area contributed by atoms with Crippen molar-refractivity contribution in [2.24, 2.45) is 17.8 Å². The molecule has 0 saturated carbocycles. The Labute approximate surface area is 157 Å². The molecule has 0 spiro atoms. The van der Waals surface area contributed by atoms with Gasteiger partial charge in [-0.15, -0.1) is 0 Å². The van der Waals surface area contributed by atoms with Gasteiger partial charge >= 0.3 is 6.03 Å². The highest BCUT2D eigenvalue weighted by molar-refractivity contribution is 14.1. The van der Waals surface area contributed by atoms with Gasteiger partial charge in [0.25, 0.3) is 0 Å². The highest BCUT2D eigenvalue weighted by Gasteiger charge is 2.39. The van der Waals surface area contributed by atoms with Crippen LogP contribution >= 0.6 is 22.6 Å². The maximum atomic E-state index is 12.2. The van der Waals surface area contributed by atoms with E-state index in [9.17, 15) is 14.4 Å². The first-order valence-corrected chi connectivity index (χ1v) is 10.4. The summed E-state index contributed by atoms with van der Waals surface area (Å²) in [6.07, 6.45) is 2.95. The third-order valence-electron chi connectivity index (χ3n) is 4.96. The Balaban J connectivity index is 1.62. The maximum Gasteiger partial charge on any atom is 0.317 e. The molecule has 0 radical (unpaired) electrons. The Bertz CT molecular complexity index is 484. The fraction of sp³-hybridized carbons (Fsp3) is 0.824. The third-order valence-corrected chi connectivity index (χ3v) is 6.21. The number of imide groups is 1.